The Hall–Kier alpha value is -2.01. The molecule has 1 N–H and O–H groups in total. The van der Waals surface area contributed by atoms with Crippen molar-refractivity contribution in [2.75, 3.05) is 6.54 Å². The van der Waals surface area contributed by atoms with E-state index in [-0.39, 0.29) is 23.8 Å². The van der Waals surface area contributed by atoms with Crippen LogP contribution in [-0.2, 0) is 15.9 Å². The van der Waals surface area contributed by atoms with E-state index in [4.69, 9.17) is 9.47 Å². The van der Waals surface area contributed by atoms with E-state index in [1.807, 2.05) is 20.8 Å². The standard InChI is InChI=1S/C22H32N2O3/c1-7-22(5,6)18-19(26-18)24-14-15(16-10-8-9-11-17(16)24)12-13-23-20(25)27-21(2,3)4/h8-11,14,18-19H,7,12-13H2,1-6H3,(H,23,25). The molecular weight excluding hydrogens is 340 g/mol. The number of carbonyl (C=O) groups is 1. The maximum absolute atomic E-state index is 11.9. The van der Waals surface area contributed by atoms with Crippen LogP contribution in [0.25, 0.3) is 10.9 Å². The predicted octanol–water partition coefficient (Wildman–Crippen LogP) is 5.04. The third kappa shape index (κ3) is 4.46. The number of amides is 1. The molecule has 0 radical (unpaired) electrons. The van der Waals surface area contributed by atoms with Crippen LogP contribution < -0.4 is 5.32 Å². The maximum atomic E-state index is 11.9. The highest BCUT2D eigenvalue weighted by atomic mass is 16.6. The van der Waals surface area contributed by atoms with Gasteiger partial charge in [-0.15, -0.1) is 0 Å². The molecule has 5 nitrogen and oxygen atoms in total. The lowest BCUT2D eigenvalue weighted by Crippen LogP contribution is -2.33. The van der Waals surface area contributed by atoms with Gasteiger partial charge in [-0.2, -0.15) is 0 Å². The quantitative estimate of drug-likeness (QED) is 0.723. The van der Waals surface area contributed by atoms with Gasteiger partial charge in [0, 0.05) is 18.1 Å². The molecule has 2 heterocycles. The first-order chi connectivity index (χ1) is 12.6. The second-order valence-corrected chi connectivity index (χ2v) is 9.05. The molecule has 1 saturated heterocycles. The molecule has 1 aliphatic rings. The van der Waals surface area contributed by atoms with Crippen LogP contribution in [-0.4, -0.2) is 28.9 Å². The first-order valence-corrected chi connectivity index (χ1v) is 9.83. The fourth-order valence-corrected chi connectivity index (χ4v) is 3.39. The van der Waals surface area contributed by atoms with Crippen LogP contribution in [0.1, 0.15) is 59.8 Å². The highest BCUT2D eigenvalue weighted by Crippen LogP contribution is 2.48. The molecular formula is C22H32N2O3. The number of nitrogens with zero attached hydrogens (tertiary/aromatic N) is 1. The van der Waals surface area contributed by atoms with Gasteiger partial charge >= 0.3 is 6.09 Å². The van der Waals surface area contributed by atoms with E-state index in [2.05, 4.69) is 61.1 Å². The average molecular weight is 373 g/mol. The van der Waals surface area contributed by atoms with Crippen LogP contribution in [0.3, 0.4) is 0 Å². The van der Waals surface area contributed by atoms with E-state index < -0.39 is 5.60 Å². The minimum atomic E-state index is -0.482. The zero-order valence-corrected chi connectivity index (χ0v) is 17.3. The zero-order valence-electron chi connectivity index (χ0n) is 17.3. The van der Waals surface area contributed by atoms with E-state index in [0.717, 1.165) is 12.8 Å². The third-order valence-corrected chi connectivity index (χ3v) is 5.31. The Morgan fingerprint density at radius 1 is 1.22 bits per heavy atom. The number of carbonyl (C=O) groups excluding carboxylic acids is 1. The van der Waals surface area contributed by atoms with Crippen molar-refractivity contribution in [3.8, 4) is 0 Å². The molecule has 5 heteroatoms. The number of hydrogen-bond acceptors (Lipinski definition) is 3. The number of nitrogens with one attached hydrogen (secondary N) is 1. The van der Waals surface area contributed by atoms with Crippen LogP contribution in [0.2, 0.25) is 0 Å². The summed E-state index contributed by atoms with van der Waals surface area (Å²) in [5.41, 5.74) is 2.08. The van der Waals surface area contributed by atoms with E-state index in [0.29, 0.717) is 6.54 Å². The first-order valence-electron chi connectivity index (χ1n) is 9.83. The van der Waals surface area contributed by atoms with Crippen LogP contribution >= 0.6 is 0 Å². The number of fused-ring (bicyclic) bond motifs is 1. The van der Waals surface area contributed by atoms with Gasteiger partial charge in [0.05, 0.1) is 5.52 Å². The summed E-state index contributed by atoms with van der Waals surface area (Å²) in [5.74, 6) is 0. The summed E-state index contributed by atoms with van der Waals surface area (Å²) in [5, 5.41) is 4.06. The fraction of sp³-hybridized carbons (Fsp3) is 0.591. The van der Waals surface area contributed by atoms with Gasteiger partial charge in [-0.1, -0.05) is 39.0 Å². The molecule has 1 fully saturated rings. The smallest absolute Gasteiger partial charge is 0.407 e. The molecule has 0 spiro atoms. The van der Waals surface area contributed by atoms with Crippen LogP contribution in [0.5, 0.6) is 0 Å². The second-order valence-electron chi connectivity index (χ2n) is 9.05. The molecule has 148 valence electrons. The van der Waals surface area contributed by atoms with Gasteiger partial charge < -0.3 is 19.4 Å². The third-order valence-electron chi connectivity index (χ3n) is 5.31. The Morgan fingerprint density at radius 2 is 1.93 bits per heavy atom. The predicted molar refractivity (Wildman–Crippen MR) is 108 cm³/mol. The maximum Gasteiger partial charge on any atom is 0.407 e. The number of para-hydroxylation sites is 1. The molecule has 27 heavy (non-hydrogen) atoms. The fourth-order valence-electron chi connectivity index (χ4n) is 3.39. The van der Waals surface area contributed by atoms with E-state index in [1.165, 1.54) is 16.5 Å². The molecule has 1 aliphatic heterocycles. The Bertz CT molecular complexity index is 817. The number of ether oxygens (including phenoxy) is 2. The van der Waals surface area contributed by atoms with Crippen molar-refractivity contribution < 1.29 is 14.3 Å². The van der Waals surface area contributed by atoms with Gasteiger partial charge in [0.25, 0.3) is 0 Å². The van der Waals surface area contributed by atoms with Crippen molar-refractivity contribution in [3.63, 3.8) is 0 Å². The zero-order chi connectivity index (χ0) is 19.8. The highest BCUT2D eigenvalue weighted by molar-refractivity contribution is 5.84. The number of epoxide rings is 1. The summed E-state index contributed by atoms with van der Waals surface area (Å²) < 4.78 is 13.6. The number of hydrogen-bond donors (Lipinski definition) is 1. The average Bonchev–Trinajstić information content (AvgIpc) is 3.31. The Labute approximate surface area is 162 Å². The van der Waals surface area contributed by atoms with Gasteiger partial charge in [-0.25, -0.2) is 4.79 Å². The van der Waals surface area contributed by atoms with Gasteiger partial charge in [-0.3, -0.25) is 0 Å². The summed E-state index contributed by atoms with van der Waals surface area (Å²) >= 11 is 0. The summed E-state index contributed by atoms with van der Waals surface area (Å²) in [6.07, 6.45) is 3.98. The van der Waals surface area contributed by atoms with Crippen LogP contribution in [0.15, 0.2) is 30.5 Å². The number of alkyl carbamates (subject to hydrolysis) is 1. The van der Waals surface area contributed by atoms with Gasteiger partial charge in [0.15, 0.2) is 6.23 Å². The monoisotopic (exact) mass is 372 g/mol. The number of rotatable bonds is 6. The molecule has 0 bridgehead atoms. The highest BCUT2D eigenvalue weighted by Gasteiger charge is 2.50. The van der Waals surface area contributed by atoms with E-state index >= 15 is 0 Å². The molecule has 0 saturated carbocycles. The lowest BCUT2D eigenvalue weighted by Gasteiger charge is -2.19. The Morgan fingerprint density at radius 3 is 2.59 bits per heavy atom. The normalized spacial score (nSPS) is 19.9. The largest absolute Gasteiger partial charge is 0.444 e. The summed E-state index contributed by atoms with van der Waals surface area (Å²) in [6.45, 7) is 12.9. The molecule has 2 atom stereocenters. The van der Waals surface area contributed by atoms with Crippen molar-refractivity contribution in [2.45, 2.75) is 72.3 Å². The minimum absolute atomic E-state index is 0.0948. The topological polar surface area (TPSA) is 55.8 Å². The van der Waals surface area contributed by atoms with Crippen molar-refractivity contribution in [1.82, 2.24) is 9.88 Å². The van der Waals surface area contributed by atoms with Gasteiger partial charge in [0.2, 0.25) is 0 Å². The SMILES string of the molecule is CCC(C)(C)C1OC1n1cc(CCNC(=O)OC(C)(C)C)c2ccccc21. The molecule has 2 aromatic rings. The van der Waals surface area contributed by atoms with Crippen molar-refractivity contribution in [3.05, 3.63) is 36.0 Å². The Balaban J connectivity index is 1.72. The molecule has 3 rings (SSSR count). The summed E-state index contributed by atoms with van der Waals surface area (Å²) in [7, 11) is 0. The van der Waals surface area contributed by atoms with Crippen molar-refractivity contribution in [2.24, 2.45) is 5.41 Å². The Kier molecular flexibility index (Phi) is 5.26. The second kappa shape index (κ2) is 7.19. The minimum Gasteiger partial charge on any atom is -0.444 e. The van der Waals surface area contributed by atoms with Gasteiger partial charge in [-0.05, 0) is 50.7 Å². The molecule has 1 aromatic carbocycles. The van der Waals surface area contributed by atoms with E-state index in [9.17, 15) is 4.79 Å². The molecule has 2 unspecified atom stereocenters. The lowest BCUT2D eigenvalue weighted by atomic mass is 9.86. The number of aromatic nitrogens is 1. The summed E-state index contributed by atoms with van der Waals surface area (Å²) in [4.78, 5) is 11.9. The van der Waals surface area contributed by atoms with Crippen LogP contribution in [0, 0.1) is 5.41 Å². The summed E-state index contributed by atoms with van der Waals surface area (Å²) in [6, 6.07) is 8.39. The van der Waals surface area contributed by atoms with Crippen molar-refractivity contribution >= 4 is 17.0 Å². The van der Waals surface area contributed by atoms with Gasteiger partial charge in [0.1, 0.15) is 11.7 Å². The molecule has 0 aliphatic carbocycles. The van der Waals surface area contributed by atoms with Crippen LogP contribution in [0.4, 0.5) is 4.79 Å². The van der Waals surface area contributed by atoms with Crippen molar-refractivity contribution in [1.29, 1.82) is 0 Å². The van der Waals surface area contributed by atoms with E-state index in [1.54, 1.807) is 0 Å². The molecule has 1 aromatic heterocycles. The number of benzene rings is 1. The first kappa shape index (κ1) is 19.7. The molecule has 1 amide bonds. The lowest BCUT2D eigenvalue weighted by molar-refractivity contribution is 0.0528.